The monoisotopic (exact) mass is 273 g/mol. The van der Waals surface area contributed by atoms with E-state index < -0.39 is 16.1 Å². The van der Waals surface area contributed by atoms with Crippen LogP contribution in [0, 0.1) is 0 Å². The summed E-state index contributed by atoms with van der Waals surface area (Å²) in [6.45, 7) is 1.47. The lowest BCUT2D eigenvalue weighted by atomic mass is 10.3. The van der Waals surface area contributed by atoms with E-state index in [-0.39, 0.29) is 10.7 Å². The highest BCUT2D eigenvalue weighted by atomic mass is 32.2. The minimum absolute atomic E-state index is 0.0703. The van der Waals surface area contributed by atoms with E-state index >= 15 is 0 Å². The number of benzene rings is 1. The number of rotatable bonds is 5. The Morgan fingerprint density at radius 3 is 2.44 bits per heavy atom. The first kappa shape index (κ1) is 14.3. The zero-order valence-corrected chi connectivity index (χ0v) is 10.8. The van der Waals surface area contributed by atoms with Crippen molar-refractivity contribution in [1.29, 1.82) is 0 Å². The Hall–Kier alpha value is -1.80. The molecule has 0 saturated carbocycles. The smallest absolute Gasteiger partial charge is 0.241 e. The molecule has 0 aromatic heterocycles. The van der Waals surface area contributed by atoms with Crippen molar-refractivity contribution >= 4 is 15.9 Å². The topological polar surface area (TPSA) is 114 Å². The van der Waals surface area contributed by atoms with Gasteiger partial charge in [-0.05, 0) is 31.2 Å². The fourth-order valence-electron chi connectivity index (χ4n) is 1.20. The maximum atomic E-state index is 11.9. The fourth-order valence-corrected chi connectivity index (χ4v) is 2.42. The van der Waals surface area contributed by atoms with Crippen LogP contribution in [0.4, 0.5) is 0 Å². The lowest BCUT2D eigenvalue weighted by molar-refractivity contribution is 0.316. The molecule has 7 nitrogen and oxygen atoms in total. The average Bonchev–Trinajstić information content (AvgIpc) is 2.37. The first-order chi connectivity index (χ1) is 8.40. The van der Waals surface area contributed by atoms with Crippen molar-refractivity contribution in [3.63, 3.8) is 0 Å². The molecule has 1 atom stereocenters. The standard InChI is InChI=1S/C10H15N3O4S/c1-7(10(11)12-14)13-18(15,16)9-5-3-8(17-2)4-6-9/h3-7,13-14H,1-2H3,(H2,11,12). The first-order valence-corrected chi connectivity index (χ1v) is 6.53. The largest absolute Gasteiger partial charge is 0.497 e. The molecule has 0 radical (unpaired) electrons. The molecule has 8 heteroatoms. The van der Waals surface area contributed by atoms with Gasteiger partial charge in [0.2, 0.25) is 10.0 Å². The van der Waals surface area contributed by atoms with E-state index in [1.54, 1.807) is 0 Å². The summed E-state index contributed by atoms with van der Waals surface area (Å²) in [5.74, 6) is 0.338. The maximum absolute atomic E-state index is 11.9. The van der Waals surface area contributed by atoms with E-state index in [9.17, 15) is 8.42 Å². The minimum Gasteiger partial charge on any atom is -0.497 e. The van der Waals surface area contributed by atoms with Crippen LogP contribution in [0.1, 0.15) is 6.92 Å². The van der Waals surface area contributed by atoms with Crippen molar-refractivity contribution < 1.29 is 18.4 Å². The Kier molecular flexibility index (Phi) is 4.51. The molecule has 100 valence electrons. The van der Waals surface area contributed by atoms with Gasteiger partial charge in [0.15, 0.2) is 5.84 Å². The van der Waals surface area contributed by atoms with E-state index in [4.69, 9.17) is 15.7 Å². The minimum atomic E-state index is -3.72. The number of amidine groups is 1. The van der Waals surface area contributed by atoms with E-state index in [1.807, 2.05) is 0 Å². The zero-order valence-electron chi connectivity index (χ0n) is 9.99. The highest BCUT2D eigenvalue weighted by molar-refractivity contribution is 7.89. The molecule has 0 fully saturated rings. The van der Waals surface area contributed by atoms with Gasteiger partial charge in [-0.3, -0.25) is 0 Å². The van der Waals surface area contributed by atoms with Gasteiger partial charge >= 0.3 is 0 Å². The SMILES string of the molecule is COc1ccc(S(=O)(=O)NC(C)/C(N)=N/O)cc1. The number of oxime groups is 1. The normalized spacial score (nSPS) is 14.2. The summed E-state index contributed by atoms with van der Waals surface area (Å²) in [4.78, 5) is 0.0703. The molecule has 0 bridgehead atoms. The van der Waals surface area contributed by atoms with Gasteiger partial charge in [-0.15, -0.1) is 0 Å². The molecule has 1 aromatic rings. The van der Waals surface area contributed by atoms with Crippen molar-refractivity contribution in [3.8, 4) is 5.75 Å². The zero-order chi connectivity index (χ0) is 13.8. The molecule has 0 heterocycles. The summed E-state index contributed by atoms with van der Waals surface area (Å²) >= 11 is 0. The lowest BCUT2D eigenvalue weighted by Gasteiger charge is -2.12. The summed E-state index contributed by atoms with van der Waals surface area (Å²) in [5, 5.41) is 11.2. The second kappa shape index (κ2) is 5.69. The van der Waals surface area contributed by atoms with Crippen LogP contribution in [0.2, 0.25) is 0 Å². The number of nitrogens with one attached hydrogen (secondary N) is 1. The van der Waals surface area contributed by atoms with Gasteiger partial charge in [-0.1, -0.05) is 5.16 Å². The third-order valence-electron chi connectivity index (χ3n) is 2.26. The summed E-state index contributed by atoms with van der Waals surface area (Å²) in [6, 6.07) is 5.06. The molecular weight excluding hydrogens is 258 g/mol. The Morgan fingerprint density at radius 2 is 2.00 bits per heavy atom. The summed E-state index contributed by atoms with van der Waals surface area (Å²) < 4.78 is 31.0. The van der Waals surface area contributed by atoms with Gasteiger partial charge in [0.1, 0.15) is 5.75 Å². The number of ether oxygens (including phenoxy) is 1. The molecule has 1 aromatic carbocycles. The van der Waals surface area contributed by atoms with Crippen LogP contribution < -0.4 is 15.2 Å². The number of hydrogen-bond acceptors (Lipinski definition) is 5. The van der Waals surface area contributed by atoms with Gasteiger partial charge in [0.25, 0.3) is 0 Å². The van der Waals surface area contributed by atoms with E-state index in [2.05, 4.69) is 9.88 Å². The average molecular weight is 273 g/mol. The van der Waals surface area contributed by atoms with Crippen LogP contribution >= 0.6 is 0 Å². The molecule has 1 unspecified atom stereocenters. The highest BCUT2D eigenvalue weighted by Gasteiger charge is 2.19. The van der Waals surface area contributed by atoms with Crippen LogP contribution in [-0.4, -0.2) is 32.6 Å². The Balaban J connectivity index is 2.92. The predicted molar refractivity (Wildman–Crippen MR) is 66.2 cm³/mol. The molecule has 4 N–H and O–H groups in total. The van der Waals surface area contributed by atoms with E-state index in [0.717, 1.165) is 0 Å². The number of sulfonamides is 1. The molecule has 0 saturated heterocycles. The van der Waals surface area contributed by atoms with Crippen molar-refractivity contribution in [2.45, 2.75) is 17.9 Å². The van der Waals surface area contributed by atoms with Crippen molar-refractivity contribution in [1.82, 2.24) is 4.72 Å². The summed E-state index contributed by atoms with van der Waals surface area (Å²) in [5.41, 5.74) is 5.30. The van der Waals surface area contributed by atoms with Crippen LogP contribution in [0.5, 0.6) is 5.75 Å². The summed E-state index contributed by atoms with van der Waals surface area (Å²) in [6.07, 6.45) is 0. The van der Waals surface area contributed by atoms with Crippen molar-refractivity contribution in [2.24, 2.45) is 10.9 Å². The van der Waals surface area contributed by atoms with Crippen LogP contribution in [0.3, 0.4) is 0 Å². The van der Waals surface area contributed by atoms with Gasteiger partial charge in [0.05, 0.1) is 18.0 Å². The molecule has 0 aliphatic rings. The van der Waals surface area contributed by atoms with Crippen LogP contribution in [-0.2, 0) is 10.0 Å². The molecule has 18 heavy (non-hydrogen) atoms. The van der Waals surface area contributed by atoms with Crippen molar-refractivity contribution in [2.75, 3.05) is 7.11 Å². The number of methoxy groups -OCH3 is 1. The van der Waals surface area contributed by atoms with Gasteiger partial charge in [-0.2, -0.15) is 0 Å². The van der Waals surface area contributed by atoms with Gasteiger partial charge in [0, 0.05) is 0 Å². The fraction of sp³-hybridized carbons (Fsp3) is 0.300. The second-order valence-electron chi connectivity index (χ2n) is 3.54. The molecule has 0 amide bonds. The van der Waals surface area contributed by atoms with Crippen LogP contribution in [0.25, 0.3) is 0 Å². The second-order valence-corrected chi connectivity index (χ2v) is 5.26. The quantitative estimate of drug-likeness (QED) is 0.305. The Labute approximate surface area is 105 Å². The van der Waals surface area contributed by atoms with Crippen LogP contribution in [0.15, 0.2) is 34.3 Å². The summed E-state index contributed by atoms with van der Waals surface area (Å²) in [7, 11) is -2.23. The first-order valence-electron chi connectivity index (χ1n) is 5.04. The maximum Gasteiger partial charge on any atom is 0.241 e. The number of nitrogens with two attached hydrogens (primary N) is 1. The number of hydrogen-bond donors (Lipinski definition) is 3. The van der Waals surface area contributed by atoms with E-state index in [0.29, 0.717) is 5.75 Å². The molecular formula is C10H15N3O4S. The lowest BCUT2D eigenvalue weighted by Crippen LogP contribution is -2.42. The molecule has 0 aliphatic heterocycles. The molecule has 0 spiro atoms. The number of nitrogens with zero attached hydrogens (tertiary/aromatic N) is 1. The highest BCUT2D eigenvalue weighted by Crippen LogP contribution is 2.15. The third-order valence-corrected chi connectivity index (χ3v) is 3.82. The Morgan fingerprint density at radius 1 is 1.44 bits per heavy atom. The Bertz CT molecular complexity index is 525. The van der Waals surface area contributed by atoms with Gasteiger partial charge in [-0.25, -0.2) is 13.1 Å². The third kappa shape index (κ3) is 3.34. The van der Waals surface area contributed by atoms with Gasteiger partial charge < -0.3 is 15.7 Å². The molecule has 1 rings (SSSR count). The van der Waals surface area contributed by atoms with Crippen molar-refractivity contribution in [3.05, 3.63) is 24.3 Å². The molecule has 0 aliphatic carbocycles. The predicted octanol–water partition coefficient (Wildman–Crippen LogP) is 0.108. The van der Waals surface area contributed by atoms with E-state index in [1.165, 1.54) is 38.3 Å².